The van der Waals surface area contributed by atoms with Gasteiger partial charge in [-0.1, -0.05) is 46.5 Å². The van der Waals surface area contributed by atoms with Crippen molar-refractivity contribution in [3.05, 3.63) is 0 Å². The number of ether oxygens (including phenoxy) is 1. The van der Waals surface area contributed by atoms with Gasteiger partial charge in [-0.05, 0) is 146 Å². The predicted molar refractivity (Wildman–Crippen MR) is 231 cm³/mol. The Morgan fingerprint density at radius 2 is 1.68 bits per heavy atom. The van der Waals surface area contributed by atoms with E-state index in [0.29, 0.717) is 35.6 Å². The lowest BCUT2D eigenvalue weighted by Gasteiger charge is -2.62. The molecular formula is C47H84N6O6. The molecule has 2 bridgehead atoms. The molecule has 0 aromatic rings. The fourth-order valence-corrected chi connectivity index (χ4v) is 14.0. The van der Waals surface area contributed by atoms with Crippen molar-refractivity contribution in [2.75, 3.05) is 53.9 Å². The van der Waals surface area contributed by atoms with E-state index in [0.717, 1.165) is 90.3 Å². The number of carbonyl (C=O) groups is 2. The molecule has 6 aliphatic carbocycles. The third kappa shape index (κ3) is 9.75. The van der Waals surface area contributed by atoms with Crippen LogP contribution in [0.2, 0.25) is 0 Å². The van der Waals surface area contributed by atoms with Crippen LogP contribution >= 0.6 is 0 Å². The summed E-state index contributed by atoms with van der Waals surface area (Å²) in [7, 11) is 6.11. The van der Waals surface area contributed by atoms with Gasteiger partial charge in [0.2, 0.25) is 11.8 Å². The minimum absolute atomic E-state index is 0.0589. The minimum Gasteiger partial charge on any atom is -0.393 e. The van der Waals surface area contributed by atoms with Gasteiger partial charge < -0.3 is 41.1 Å². The molecule has 0 spiro atoms. The maximum atomic E-state index is 14.5. The Kier molecular flexibility index (Phi) is 15.1. The van der Waals surface area contributed by atoms with Gasteiger partial charge >= 0.3 is 0 Å². The zero-order valence-electron chi connectivity index (χ0n) is 37.9. The van der Waals surface area contributed by atoms with E-state index in [1.165, 1.54) is 25.7 Å². The highest BCUT2D eigenvalue weighted by Gasteiger charge is 2.58. The van der Waals surface area contributed by atoms with Gasteiger partial charge in [0.05, 0.1) is 30.5 Å². The predicted octanol–water partition coefficient (Wildman–Crippen LogP) is 4.41. The van der Waals surface area contributed by atoms with Crippen molar-refractivity contribution in [2.45, 2.75) is 173 Å². The van der Waals surface area contributed by atoms with E-state index in [1.807, 2.05) is 12.2 Å². The number of fused-ring (bicyclic) bond motifs is 2. The van der Waals surface area contributed by atoms with Crippen molar-refractivity contribution >= 4 is 11.8 Å². The molecule has 6 unspecified atom stereocenters. The first-order valence-corrected chi connectivity index (χ1v) is 24.2. The number of carbonyl (C=O) groups excluding carboxylic acids is 2. The summed E-state index contributed by atoms with van der Waals surface area (Å²) < 4.78 is 6.49. The highest BCUT2D eigenvalue weighted by Crippen LogP contribution is 2.61. The molecule has 16 atom stereocenters. The molecule has 6 saturated carbocycles. The number of nitrogens with zero attached hydrogens (tertiary/aromatic N) is 3. The van der Waals surface area contributed by atoms with Crippen LogP contribution in [-0.4, -0.2) is 139 Å². The first-order chi connectivity index (χ1) is 28.2. The Hall–Kier alpha value is -1.38. The van der Waals surface area contributed by atoms with Gasteiger partial charge in [0.25, 0.3) is 0 Å². The molecule has 0 aromatic carbocycles. The van der Waals surface area contributed by atoms with E-state index < -0.39 is 30.3 Å². The molecule has 0 radical (unpaired) electrons. The van der Waals surface area contributed by atoms with Crippen LogP contribution in [0.5, 0.6) is 0 Å². The number of aliphatic hydroxyl groups excluding tert-OH is 2. The topological polar surface area (TPSA) is 153 Å². The molecule has 8 aliphatic rings. The summed E-state index contributed by atoms with van der Waals surface area (Å²) in [6, 6.07) is -0.502. The van der Waals surface area contributed by atoms with Crippen molar-refractivity contribution in [3.63, 3.8) is 0 Å². The molecule has 338 valence electrons. The van der Waals surface area contributed by atoms with Crippen LogP contribution in [-0.2, 0) is 19.2 Å². The van der Waals surface area contributed by atoms with Gasteiger partial charge in [0, 0.05) is 56.6 Å². The van der Waals surface area contributed by atoms with Crippen LogP contribution < -0.4 is 16.4 Å². The molecule has 2 saturated heterocycles. The summed E-state index contributed by atoms with van der Waals surface area (Å²) in [6.45, 7) is 12.4. The molecule has 8 fully saturated rings. The number of likely N-dealkylation sites (tertiary alicyclic amines) is 1. The number of amides is 2. The van der Waals surface area contributed by atoms with Crippen molar-refractivity contribution < 1.29 is 29.4 Å². The van der Waals surface area contributed by atoms with Gasteiger partial charge in [-0.2, -0.15) is 5.06 Å². The van der Waals surface area contributed by atoms with Gasteiger partial charge in [-0.3, -0.25) is 14.4 Å². The van der Waals surface area contributed by atoms with E-state index in [-0.39, 0.29) is 66.3 Å². The zero-order chi connectivity index (χ0) is 42.2. The second-order valence-corrected chi connectivity index (χ2v) is 21.7. The number of nitrogens with two attached hydrogens (primary N) is 1. The van der Waals surface area contributed by atoms with Gasteiger partial charge in [0.1, 0.15) is 6.04 Å². The number of hydroxylamine groups is 2. The van der Waals surface area contributed by atoms with E-state index in [9.17, 15) is 19.8 Å². The smallest absolute Gasteiger partial charge is 0.240 e. The number of hydrogen-bond donors (Lipinski definition) is 5. The molecule has 12 heteroatoms. The highest BCUT2D eigenvalue weighted by atomic mass is 16.7. The fourth-order valence-electron chi connectivity index (χ4n) is 14.0. The van der Waals surface area contributed by atoms with Gasteiger partial charge in [-0.25, -0.2) is 0 Å². The van der Waals surface area contributed by atoms with Crippen molar-refractivity contribution in [3.8, 4) is 0 Å². The third-order valence-corrected chi connectivity index (χ3v) is 17.8. The molecule has 59 heavy (non-hydrogen) atoms. The maximum Gasteiger partial charge on any atom is 0.240 e. The Balaban J connectivity index is 1.05. The summed E-state index contributed by atoms with van der Waals surface area (Å²) in [4.78, 5) is 40.3. The monoisotopic (exact) mass is 829 g/mol. The third-order valence-electron chi connectivity index (χ3n) is 17.8. The summed E-state index contributed by atoms with van der Waals surface area (Å²) >= 11 is 0. The Bertz CT molecular complexity index is 1390. The van der Waals surface area contributed by atoms with E-state index in [2.05, 4.69) is 55.3 Å². The van der Waals surface area contributed by atoms with Crippen LogP contribution in [0.3, 0.4) is 0 Å². The lowest BCUT2D eigenvalue weighted by atomic mass is 9.45. The molecule has 6 N–H and O–H groups in total. The zero-order valence-corrected chi connectivity index (χ0v) is 37.9. The number of rotatable bonds is 15. The van der Waals surface area contributed by atoms with Crippen LogP contribution in [0, 0.1) is 58.7 Å². The Morgan fingerprint density at radius 1 is 0.949 bits per heavy atom. The second kappa shape index (κ2) is 19.6. The highest BCUT2D eigenvalue weighted by molar-refractivity contribution is 5.83. The molecule has 2 heterocycles. The number of aliphatic hydroxyl groups is 2. The van der Waals surface area contributed by atoms with Crippen LogP contribution in [0.25, 0.3) is 0 Å². The molecular weight excluding hydrogens is 745 g/mol. The molecule has 8 rings (SSSR count). The molecule has 2 amide bonds. The lowest BCUT2D eigenvalue weighted by Crippen LogP contribution is -2.62. The average Bonchev–Trinajstić information content (AvgIpc) is 3.88. The van der Waals surface area contributed by atoms with E-state index in [4.69, 9.17) is 15.3 Å². The quantitative estimate of drug-likeness (QED) is 0.161. The second-order valence-electron chi connectivity index (χ2n) is 21.7. The molecule has 12 nitrogen and oxygen atoms in total. The fraction of sp³-hybridized carbons (Fsp3) is 0.957. The summed E-state index contributed by atoms with van der Waals surface area (Å²) in [5.74, 6) is 2.02. The van der Waals surface area contributed by atoms with Crippen molar-refractivity contribution in [1.82, 2.24) is 25.5 Å². The molecule has 2 aliphatic heterocycles. The van der Waals surface area contributed by atoms with Crippen LogP contribution in [0.1, 0.15) is 124 Å². The number of methoxy groups -OCH3 is 1. The first kappa shape index (κ1) is 45.6. The first-order valence-electron chi connectivity index (χ1n) is 24.2. The Morgan fingerprint density at radius 3 is 2.31 bits per heavy atom. The number of hydrogen-bond acceptors (Lipinski definition) is 10. The SMILES string of the molecule is COC1C(CN2O[C@@H](CN)[C@@H]([C@H](C)O)[C@H]2C(=O)N[C@@H]2C[C@H]3C[C@@H]([C@@H]2C)C3(C)C)CCCC1C1CC(C(=O)N[C@H](CN2CCCC2)[C@H](O)C2CCCCC2)CC(N(C)C)C1. The largest absolute Gasteiger partial charge is 0.393 e. The van der Waals surface area contributed by atoms with Crippen LogP contribution in [0.4, 0.5) is 0 Å². The van der Waals surface area contributed by atoms with Crippen molar-refractivity contribution in [2.24, 2.45) is 64.4 Å². The maximum absolute atomic E-state index is 14.5. The van der Waals surface area contributed by atoms with Crippen molar-refractivity contribution in [1.29, 1.82) is 0 Å². The summed E-state index contributed by atoms with van der Waals surface area (Å²) in [5.41, 5.74) is 6.60. The minimum atomic E-state index is -0.759. The molecule has 0 aromatic heterocycles. The Labute approximate surface area is 356 Å². The average molecular weight is 829 g/mol. The van der Waals surface area contributed by atoms with E-state index in [1.54, 1.807) is 6.92 Å². The van der Waals surface area contributed by atoms with Gasteiger partial charge in [0.15, 0.2) is 0 Å². The van der Waals surface area contributed by atoms with Gasteiger partial charge in [-0.15, -0.1) is 0 Å². The van der Waals surface area contributed by atoms with E-state index >= 15 is 0 Å². The lowest BCUT2D eigenvalue weighted by molar-refractivity contribution is -0.186. The number of nitrogens with one attached hydrogen (secondary N) is 2. The standard InChI is InChI=1S/C47H84N6O6/c1-28-37-23-34(47(37,3)4)24-38(28)49-46(57)42-41(29(2)54)40(25-48)59-53(42)26-31-16-13-17-36(44(31)58-7)32-20-33(22-35(21-32)51(5)6)45(56)50-39(27-52-18-11-12-19-52)43(55)30-14-9-8-10-15-30/h28-44,54-55H,8-27,48H2,1-7H3,(H,49,57)(H,50,56)/t28-,29-,31?,32?,33?,34+,35?,36?,37-,38+,39+,40-,41+,42-,43+,44?/m0/s1. The van der Waals surface area contributed by atoms with Crippen LogP contribution in [0.15, 0.2) is 0 Å². The summed E-state index contributed by atoms with van der Waals surface area (Å²) in [6.07, 6.45) is 14.2. The summed E-state index contributed by atoms with van der Waals surface area (Å²) in [5, 5.41) is 31.7. The normalized spacial score (nSPS) is 41.0.